The minimum Gasteiger partial charge on any atom is -0.468 e. The minimum absolute atomic E-state index is 0.312. The summed E-state index contributed by atoms with van der Waals surface area (Å²) in [5, 5.41) is 0. The van der Waals surface area contributed by atoms with Gasteiger partial charge in [-0.3, -0.25) is 4.79 Å². The number of ether oxygens (including phenoxy) is 1. The number of benzene rings is 1. The molecule has 2 unspecified atom stereocenters. The smallest absolute Gasteiger partial charge is 0.322 e. The Labute approximate surface area is 108 Å². The fourth-order valence-corrected chi connectivity index (χ4v) is 2.51. The number of nitrogens with zero attached hydrogens (tertiary/aromatic N) is 1. The highest BCUT2D eigenvalue weighted by Gasteiger charge is 2.26. The lowest BCUT2D eigenvalue weighted by atomic mass is 10.00. The standard InChI is InChI=1S/C14H20N2O2/c1-18-14(17)13(15)9-11-7-8-16(10-11)12-5-3-2-4-6-12/h2-6,11,13H,7-10,15H2,1H3. The first-order valence-corrected chi connectivity index (χ1v) is 6.34. The van der Waals surface area contributed by atoms with Crippen LogP contribution in [0.4, 0.5) is 5.69 Å². The van der Waals surface area contributed by atoms with E-state index in [1.54, 1.807) is 0 Å². The summed E-state index contributed by atoms with van der Waals surface area (Å²) in [6, 6.07) is 9.84. The molecule has 1 aliphatic heterocycles. The lowest BCUT2D eigenvalue weighted by Crippen LogP contribution is -2.34. The second-order valence-electron chi connectivity index (χ2n) is 4.80. The molecule has 0 spiro atoms. The molecule has 0 saturated carbocycles. The molecule has 0 radical (unpaired) electrons. The molecule has 1 heterocycles. The van der Waals surface area contributed by atoms with Crippen molar-refractivity contribution in [3.05, 3.63) is 30.3 Å². The van der Waals surface area contributed by atoms with Crippen LogP contribution in [0, 0.1) is 5.92 Å². The van der Waals surface area contributed by atoms with Crippen molar-refractivity contribution in [2.24, 2.45) is 11.7 Å². The fourth-order valence-electron chi connectivity index (χ4n) is 2.51. The second-order valence-corrected chi connectivity index (χ2v) is 4.80. The van der Waals surface area contributed by atoms with E-state index in [0.717, 1.165) is 19.5 Å². The monoisotopic (exact) mass is 248 g/mol. The van der Waals surface area contributed by atoms with E-state index < -0.39 is 6.04 Å². The van der Waals surface area contributed by atoms with E-state index in [-0.39, 0.29) is 5.97 Å². The molecular weight excluding hydrogens is 228 g/mol. The van der Waals surface area contributed by atoms with Crippen molar-refractivity contribution in [3.63, 3.8) is 0 Å². The summed E-state index contributed by atoms with van der Waals surface area (Å²) in [7, 11) is 1.38. The Balaban J connectivity index is 1.87. The van der Waals surface area contributed by atoms with Crippen LogP contribution in [0.3, 0.4) is 0 Å². The van der Waals surface area contributed by atoms with Crippen LogP contribution in [0.2, 0.25) is 0 Å². The van der Waals surface area contributed by atoms with Crippen LogP contribution < -0.4 is 10.6 Å². The van der Waals surface area contributed by atoms with Gasteiger partial charge in [0.1, 0.15) is 6.04 Å². The third-order valence-corrected chi connectivity index (χ3v) is 3.50. The Morgan fingerprint density at radius 2 is 2.22 bits per heavy atom. The van der Waals surface area contributed by atoms with Crippen molar-refractivity contribution in [1.29, 1.82) is 0 Å². The van der Waals surface area contributed by atoms with E-state index in [0.29, 0.717) is 12.3 Å². The van der Waals surface area contributed by atoms with Crippen molar-refractivity contribution < 1.29 is 9.53 Å². The van der Waals surface area contributed by atoms with Crippen LogP contribution in [-0.4, -0.2) is 32.2 Å². The van der Waals surface area contributed by atoms with Crippen LogP contribution in [0.25, 0.3) is 0 Å². The van der Waals surface area contributed by atoms with E-state index in [2.05, 4.69) is 21.8 Å². The molecule has 0 amide bonds. The number of para-hydroxylation sites is 1. The van der Waals surface area contributed by atoms with Gasteiger partial charge in [0, 0.05) is 18.8 Å². The number of hydrogen-bond donors (Lipinski definition) is 1. The summed E-state index contributed by atoms with van der Waals surface area (Å²) in [6.07, 6.45) is 1.79. The average Bonchev–Trinajstić information content (AvgIpc) is 2.87. The summed E-state index contributed by atoms with van der Waals surface area (Å²) < 4.78 is 4.66. The number of carbonyl (C=O) groups is 1. The molecule has 1 aromatic carbocycles. The van der Waals surface area contributed by atoms with Crippen LogP contribution in [0.15, 0.2) is 30.3 Å². The van der Waals surface area contributed by atoms with Gasteiger partial charge in [-0.25, -0.2) is 0 Å². The van der Waals surface area contributed by atoms with Crippen LogP contribution in [-0.2, 0) is 9.53 Å². The number of esters is 1. The van der Waals surface area contributed by atoms with Gasteiger partial charge in [0.25, 0.3) is 0 Å². The highest BCUT2D eigenvalue weighted by molar-refractivity contribution is 5.75. The Morgan fingerprint density at radius 3 is 2.89 bits per heavy atom. The number of carbonyl (C=O) groups excluding carboxylic acids is 1. The predicted octanol–water partition coefficient (Wildman–Crippen LogP) is 1.40. The van der Waals surface area contributed by atoms with E-state index >= 15 is 0 Å². The van der Waals surface area contributed by atoms with E-state index in [4.69, 9.17) is 5.73 Å². The van der Waals surface area contributed by atoms with Gasteiger partial charge in [-0.05, 0) is 30.9 Å². The number of nitrogens with two attached hydrogens (primary N) is 1. The maximum Gasteiger partial charge on any atom is 0.322 e. The number of methoxy groups -OCH3 is 1. The van der Waals surface area contributed by atoms with Crippen molar-refractivity contribution in [2.45, 2.75) is 18.9 Å². The SMILES string of the molecule is COC(=O)C(N)CC1CCN(c2ccccc2)C1. The molecule has 4 heteroatoms. The first kappa shape index (κ1) is 12.9. The van der Waals surface area contributed by atoms with Gasteiger partial charge < -0.3 is 15.4 Å². The molecule has 1 fully saturated rings. The Hall–Kier alpha value is -1.55. The van der Waals surface area contributed by atoms with Crippen LogP contribution in [0.1, 0.15) is 12.8 Å². The highest BCUT2D eigenvalue weighted by atomic mass is 16.5. The summed E-state index contributed by atoms with van der Waals surface area (Å²) in [6.45, 7) is 2.00. The Bertz CT molecular complexity index is 394. The molecule has 0 aliphatic carbocycles. The molecule has 0 aromatic heterocycles. The van der Waals surface area contributed by atoms with Gasteiger partial charge >= 0.3 is 5.97 Å². The third kappa shape index (κ3) is 3.01. The molecule has 2 atom stereocenters. The molecule has 0 bridgehead atoms. The number of hydrogen-bond acceptors (Lipinski definition) is 4. The molecule has 1 aromatic rings. The quantitative estimate of drug-likeness (QED) is 0.818. The lowest BCUT2D eigenvalue weighted by molar-refractivity contribution is -0.142. The van der Waals surface area contributed by atoms with E-state index in [9.17, 15) is 4.79 Å². The number of rotatable bonds is 4. The van der Waals surface area contributed by atoms with Crippen molar-refractivity contribution >= 4 is 11.7 Å². The molecule has 2 N–H and O–H groups in total. The number of anilines is 1. The van der Waals surface area contributed by atoms with Gasteiger partial charge in [-0.15, -0.1) is 0 Å². The zero-order valence-electron chi connectivity index (χ0n) is 10.7. The summed E-state index contributed by atoms with van der Waals surface area (Å²) >= 11 is 0. The van der Waals surface area contributed by atoms with Crippen molar-refractivity contribution in [3.8, 4) is 0 Å². The van der Waals surface area contributed by atoms with E-state index in [1.807, 2.05) is 18.2 Å². The van der Waals surface area contributed by atoms with Crippen LogP contribution in [0.5, 0.6) is 0 Å². The normalized spacial score (nSPS) is 20.8. The van der Waals surface area contributed by atoms with Gasteiger partial charge in [0.05, 0.1) is 7.11 Å². The molecule has 18 heavy (non-hydrogen) atoms. The topological polar surface area (TPSA) is 55.6 Å². The zero-order valence-corrected chi connectivity index (χ0v) is 10.7. The lowest BCUT2D eigenvalue weighted by Gasteiger charge is -2.19. The third-order valence-electron chi connectivity index (χ3n) is 3.50. The predicted molar refractivity (Wildman–Crippen MR) is 71.4 cm³/mol. The Morgan fingerprint density at radius 1 is 1.50 bits per heavy atom. The first-order chi connectivity index (χ1) is 8.70. The Kier molecular flexibility index (Phi) is 4.20. The molecule has 98 valence electrons. The molecule has 4 nitrogen and oxygen atoms in total. The second kappa shape index (κ2) is 5.87. The summed E-state index contributed by atoms with van der Waals surface area (Å²) in [5.74, 6) is 0.160. The molecule has 2 rings (SSSR count). The average molecular weight is 248 g/mol. The van der Waals surface area contributed by atoms with Crippen LogP contribution >= 0.6 is 0 Å². The summed E-state index contributed by atoms with van der Waals surface area (Å²) in [5.41, 5.74) is 7.04. The van der Waals surface area contributed by atoms with E-state index in [1.165, 1.54) is 12.8 Å². The largest absolute Gasteiger partial charge is 0.468 e. The maximum absolute atomic E-state index is 11.3. The maximum atomic E-state index is 11.3. The molecule has 1 saturated heterocycles. The highest BCUT2D eigenvalue weighted by Crippen LogP contribution is 2.26. The first-order valence-electron chi connectivity index (χ1n) is 6.34. The van der Waals surface area contributed by atoms with Crippen molar-refractivity contribution in [2.75, 3.05) is 25.1 Å². The van der Waals surface area contributed by atoms with Gasteiger partial charge in [-0.2, -0.15) is 0 Å². The van der Waals surface area contributed by atoms with Gasteiger partial charge in [0.15, 0.2) is 0 Å². The molecule has 1 aliphatic rings. The fraction of sp³-hybridized carbons (Fsp3) is 0.500. The zero-order chi connectivity index (χ0) is 13.0. The van der Waals surface area contributed by atoms with Gasteiger partial charge in [-0.1, -0.05) is 18.2 Å². The van der Waals surface area contributed by atoms with Gasteiger partial charge in [0.2, 0.25) is 0 Å². The minimum atomic E-state index is -0.490. The van der Waals surface area contributed by atoms with Crippen molar-refractivity contribution in [1.82, 2.24) is 0 Å². The summed E-state index contributed by atoms with van der Waals surface area (Å²) in [4.78, 5) is 13.6. The molecular formula is C14H20N2O2.